The molecule has 1 saturated heterocycles. The summed E-state index contributed by atoms with van der Waals surface area (Å²) < 4.78 is 29.0. The van der Waals surface area contributed by atoms with Gasteiger partial charge in [-0.25, -0.2) is 4.99 Å². The maximum absolute atomic E-state index is 12.3. The van der Waals surface area contributed by atoms with E-state index >= 15 is 0 Å². The first-order valence-electron chi connectivity index (χ1n) is 8.88. The summed E-state index contributed by atoms with van der Waals surface area (Å²) in [7, 11) is 0. The van der Waals surface area contributed by atoms with Gasteiger partial charge in [0.25, 0.3) is 0 Å². The van der Waals surface area contributed by atoms with Gasteiger partial charge >= 0.3 is 6.61 Å². The summed E-state index contributed by atoms with van der Waals surface area (Å²) in [4.78, 5) is 18.1. The number of ether oxygens (including phenoxy) is 1. The van der Waals surface area contributed by atoms with Crippen molar-refractivity contribution in [3.05, 3.63) is 29.8 Å². The van der Waals surface area contributed by atoms with Gasteiger partial charge in [0.05, 0.1) is 6.54 Å². The minimum absolute atomic E-state index is 0. The third-order valence-electron chi connectivity index (χ3n) is 4.07. The number of guanidine groups is 1. The van der Waals surface area contributed by atoms with Gasteiger partial charge in [0.2, 0.25) is 5.91 Å². The average molecular weight is 496 g/mol. The van der Waals surface area contributed by atoms with Crippen molar-refractivity contribution < 1.29 is 18.3 Å². The van der Waals surface area contributed by atoms with Crippen molar-refractivity contribution in [1.29, 1.82) is 0 Å². The number of likely N-dealkylation sites (tertiary alicyclic amines) is 1. The van der Waals surface area contributed by atoms with Gasteiger partial charge in [-0.05, 0) is 31.0 Å². The summed E-state index contributed by atoms with van der Waals surface area (Å²) >= 11 is 0. The Balaban J connectivity index is 0.00000364. The minimum atomic E-state index is -2.84. The van der Waals surface area contributed by atoms with Crippen LogP contribution in [0, 0.1) is 0 Å². The molecule has 0 saturated carbocycles. The standard InChI is InChI=1S/C18H26F2N4O2.HI/c1-3-16(25)24-9-8-14(12-24)23-18(21-4-2)22-11-13-6-5-7-15(10-13)26-17(19)20;/h5-7,10,14,17H,3-4,8-9,11-12H2,1-2H3,(H2,21,22,23);1H. The number of nitrogens with zero attached hydrogens (tertiary/aromatic N) is 2. The summed E-state index contributed by atoms with van der Waals surface area (Å²) in [6.45, 7) is 3.43. The molecule has 1 aliphatic rings. The summed E-state index contributed by atoms with van der Waals surface area (Å²) in [6.07, 6.45) is 1.38. The molecular formula is C18H27F2IN4O2. The number of hydrogen-bond donors (Lipinski definition) is 2. The highest BCUT2D eigenvalue weighted by Crippen LogP contribution is 2.16. The zero-order valence-electron chi connectivity index (χ0n) is 15.6. The van der Waals surface area contributed by atoms with E-state index in [-0.39, 0.29) is 41.7 Å². The largest absolute Gasteiger partial charge is 0.435 e. The number of halogens is 3. The van der Waals surface area contributed by atoms with Gasteiger partial charge in [-0.15, -0.1) is 24.0 Å². The van der Waals surface area contributed by atoms with Gasteiger partial charge in [0, 0.05) is 32.1 Å². The molecule has 2 N–H and O–H groups in total. The summed E-state index contributed by atoms with van der Waals surface area (Å²) in [5.74, 6) is 0.922. The van der Waals surface area contributed by atoms with Crippen molar-refractivity contribution in [2.45, 2.75) is 45.9 Å². The number of carbonyl (C=O) groups is 1. The molecule has 0 bridgehead atoms. The summed E-state index contributed by atoms with van der Waals surface area (Å²) in [5.41, 5.74) is 0.773. The molecule has 0 aromatic heterocycles. The molecule has 27 heavy (non-hydrogen) atoms. The Hall–Kier alpha value is -1.65. The molecular weight excluding hydrogens is 469 g/mol. The fraction of sp³-hybridized carbons (Fsp3) is 0.556. The molecule has 152 valence electrons. The van der Waals surface area contributed by atoms with Gasteiger partial charge in [-0.1, -0.05) is 19.1 Å². The number of benzene rings is 1. The first-order chi connectivity index (χ1) is 12.5. The number of nitrogens with one attached hydrogen (secondary N) is 2. The lowest BCUT2D eigenvalue weighted by atomic mass is 10.2. The predicted octanol–water partition coefficient (Wildman–Crippen LogP) is 2.97. The van der Waals surface area contributed by atoms with E-state index in [4.69, 9.17) is 0 Å². The van der Waals surface area contributed by atoms with Crippen LogP contribution in [0.25, 0.3) is 0 Å². The lowest BCUT2D eigenvalue weighted by Gasteiger charge is -2.18. The molecule has 1 aromatic carbocycles. The summed E-state index contributed by atoms with van der Waals surface area (Å²) in [5, 5.41) is 6.51. The van der Waals surface area contributed by atoms with Crippen LogP contribution in [-0.2, 0) is 11.3 Å². The van der Waals surface area contributed by atoms with Gasteiger partial charge < -0.3 is 20.3 Å². The van der Waals surface area contributed by atoms with Crippen LogP contribution in [0.3, 0.4) is 0 Å². The SMILES string of the molecule is CCNC(=NCc1cccc(OC(F)F)c1)NC1CCN(C(=O)CC)C1.I. The van der Waals surface area contributed by atoms with Crippen molar-refractivity contribution in [2.75, 3.05) is 19.6 Å². The Labute approximate surface area is 175 Å². The molecule has 1 aliphatic heterocycles. The van der Waals surface area contributed by atoms with E-state index in [1.165, 1.54) is 6.07 Å². The number of aliphatic imine (C=N–C) groups is 1. The molecule has 6 nitrogen and oxygen atoms in total. The quantitative estimate of drug-likeness (QED) is 0.346. The Kier molecular flexibility index (Phi) is 10.3. The fourth-order valence-electron chi connectivity index (χ4n) is 2.83. The second-order valence-electron chi connectivity index (χ2n) is 6.04. The second-order valence-corrected chi connectivity index (χ2v) is 6.04. The van der Waals surface area contributed by atoms with E-state index in [9.17, 15) is 13.6 Å². The predicted molar refractivity (Wildman–Crippen MR) is 112 cm³/mol. The zero-order chi connectivity index (χ0) is 18.9. The van der Waals surface area contributed by atoms with Crippen LogP contribution < -0.4 is 15.4 Å². The van der Waals surface area contributed by atoms with E-state index in [0.717, 1.165) is 18.5 Å². The third kappa shape index (κ3) is 7.86. The van der Waals surface area contributed by atoms with Crippen molar-refractivity contribution in [3.8, 4) is 5.75 Å². The Bertz CT molecular complexity index is 631. The molecule has 1 aromatic rings. The fourth-order valence-corrected chi connectivity index (χ4v) is 2.83. The maximum atomic E-state index is 12.3. The van der Waals surface area contributed by atoms with Crippen molar-refractivity contribution in [1.82, 2.24) is 15.5 Å². The number of hydrogen-bond acceptors (Lipinski definition) is 3. The van der Waals surface area contributed by atoms with Crippen LogP contribution in [0.15, 0.2) is 29.3 Å². The van der Waals surface area contributed by atoms with Crippen LogP contribution in [0.5, 0.6) is 5.75 Å². The first-order valence-corrected chi connectivity index (χ1v) is 8.88. The molecule has 1 atom stereocenters. The minimum Gasteiger partial charge on any atom is -0.435 e. The third-order valence-corrected chi connectivity index (χ3v) is 4.07. The number of rotatable bonds is 7. The molecule has 0 spiro atoms. The van der Waals surface area contributed by atoms with Gasteiger partial charge in [0.15, 0.2) is 5.96 Å². The van der Waals surface area contributed by atoms with Crippen LogP contribution >= 0.6 is 24.0 Å². The highest BCUT2D eigenvalue weighted by molar-refractivity contribution is 14.0. The lowest BCUT2D eigenvalue weighted by molar-refractivity contribution is -0.129. The molecule has 2 rings (SSSR count). The lowest BCUT2D eigenvalue weighted by Crippen LogP contribution is -2.45. The smallest absolute Gasteiger partial charge is 0.387 e. The van der Waals surface area contributed by atoms with Crippen LogP contribution in [0.4, 0.5) is 8.78 Å². The van der Waals surface area contributed by atoms with Crippen molar-refractivity contribution in [3.63, 3.8) is 0 Å². The highest BCUT2D eigenvalue weighted by Gasteiger charge is 2.25. The van der Waals surface area contributed by atoms with E-state index in [1.54, 1.807) is 12.1 Å². The molecule has 0 aliphatic carbocycles. The van der Waals surface area contributed by atoms with Crippen molar-refractivity contribution >= 4 is 35.8 Å². The number of carbonyl (C=O) groups excluding carboxylic acids is 1. The second kappa shape index (κ2) is 11.9. The Morgan fingerprint density at radius 2 is 2.19 bits per heavy atom. The van der Waals surface area contributed by atoms with Crippen LogP contribution in [-0.4, -0.2) is 49.1 Å². The maximum Gasteiger partial charge on any atom is 0.387 e. The van der Waals surface area contributed by atoms with E-state index in [1.807, 2.05) is 24.8 Å². The average Bonchev–Trinajstić information content (AvgIpc) is 3.07. The normalized spacial score (nSPS) is 16.9. The van der Waals surface area contributed by atoms with E-state index in [0.29, 0.717) is 32.0 Å². The molecule has 0 radical (unpaired) electrons. The van der Waals surface area contributed by atoms with E-state index in [2.05, 4.69) is 20.4 Å². The van der Waals surface area contributed by atoms with Crippen LogP contribution in [0.1, 0.15) is 32.3 Å². The number of alkyl halides is 2. The van der Waals surface area contributed by atoms with E-state index < -0.39 is 6.61 Å². The number of amides is 1. The van der Waals surface area contributed by atoms with Crippen LogP contribution in [0.2, 0.25) is 0 Å². The molecule has 1 fully saturated rings. The van der Waals surface area contributed by atoms with Crippen molar-refractivity contribution in [2.24, 2.45) is 4.99 Å². The topological polar surface area (TPSA) is 66.0 Å². The molecule has 1 amide bonds. The van der Waals surface area contributed by atoms with Gasteiger partial charge in [-0.2, -0.15) is 8.78 Å². The van der Waals surface area contributed by atoms with Gasteiger partial charge in [-0.3, -0.25) is 4.79 Å². The Morgan fingerprint density at radius 1 is 1.41 bits per heavy atom. The molecule has 1 unspecified atom stereocenters. The zero-order valence-corrected chi connectivity index (χ0v) is 17.9. The molecule has 9 heteroatoms. The molecule has 1 heterocycles. The monoisotopic (exact) mass is 496 g/mol. The van der Waals surface area contributed by atoms with Gasteiger partial charge in [0.1, 0.15) is 5.75 Å². The first kappa shape index (κ1) is 23.4. The Morgan fingerprint density at radius 3 is 2.85 bits per heavy atom. The summed E-state index contributed by atoms with van der Waals surface area (Å²) in [6, 6.07) is 6.66. The highest BCUT2D eigenvalue weighted by atomic mass is 127.